The van der Waals surface area contributed by atoms with Crippen molar-refractivity contribution in [2.24, 2.45) is 45.3 Å². The van der Waals surface area contributed by atoms with Crippen molar-refractivity contribution in [1.82, 2.24) is 0 Å². The second kappa shape index (κ2) is 8.05. The van der Waals surface area contributed by atoms with Crippen LogP contribution in [0.3, 0.4) is 0 Å². The number of ether oxygens (including phenoxy) is 1. The minimum Gasteiger partial charge on any atom is -0.481 e. The predicted octanol–water partition coefficient (Wildman–Crippen LogP) is 6.12. The van der Waals surface area contributed by atoms with E-state index >= 15 is 0 Å². The number of aliphatic carboxylic acids is 1. The van der Waals surface area contributed by atoms with Crippen molar-refractivity contribution in [1.29, 1.82) is 0 Å². The number of carboxylic acids is 1. The van der Waals surface area contributed by atoms with Crippen molar-refractivity contribution in [3.63, 3.8) is 0 Å². The topological polar surface area (TPSA) is 80.7 Å². The van der Waals surface area contributed by atoms with Gasteiger partial charge in [-0.1, -0.05) is 33.4 Å². The van der Waals surface area contributed by atoms with E-state index in [4.69, 9.17) is 4.74 Å². The largest absolute Gasteiger partial charge is 0.481 e. The van der Waals surface area contributed by atoms with Gasteiger partial charge < -0.3 is 9.84 Å². The van der Waals surface area contributed by atoms with Crippen LogP contribution in [0.25, 0.3) is 0 Å². The number of esters is 1. The van der Waals surface area contributed by atoms with E-state index in [9.17, 15) is 19.5 Å². The molecule has 1 saturated heterocycles. The first-order chi connectivity index (χ1) is 16.5. The summed E-state index contributed by atoms with van der Waals surface area (Å²) in [7, 11) is 0. The molecule has 0 radical (unpaired) electrons. The third kappa shape index (κ3) is 3.21. The maximum absolute atomic E-state index is 12.6. The van der Waals surface area contributed by atoms with Crippen LogP contribution in [-0.2, 0) is 19.1 Å². The summed E-state index contributed by atoms with van der Waals surface area (Å²) in [4.78, 5) is 35.2. The highest BCUT2D eigenvalue weighted by molar-refractivity contribution is 5.91. The first-order valence-electron chi connectivity index (χ1n) is 13.7. The van der Waals surface area contributed by atoms with E-state index < -0.39 is 5.97 Å². The molecule has 9 atom stereocenters. The van der Waals surface area contributed by atoms with Crippen molar-refractivity contribution in [2.45, 2.75) is 98.0 Å². The van der Waals surface area contributed by atoms with E-state index in [0.29, 0.717) is 29.7 Å². The fraction of sp³-hybridized carbons (Fsp3) is 0.767. The van der Waals surface area contributed by atoms with Gasteiger partial charge in [-0.25, -0.2) is 4.79 Å². The van der Waals surface area contributed by atoms with Gasteiger partial charge in [0.1, 0.15) is 12.4 Å². The zero-order chi connectivity index (χ0) is 25.4. The van der Waals surface area contributed by atoms with Gasteiger partial charge in [-0.05, 0) is 110 Å². The molecule has 5 fully saturated rings. The number of hydrogen-bond acceptors (Lipinski definition) is 4. The van der Waals surface area contributed by atoms with Gasteiger partial charge in [0.25, 0.3) is 0 Å². The van der Waals surface area contributed by atoms with Gasteiger partial charge in [0, 0.05) is 17.9 Å². The summed E-state index contributed by atoms with van der Waals surface area (Å²) in [6, 6.07) is 0. The minimum absolute atomic E-state index is 0.0116. The molecule has 5 aliphatic rings. The molecule has 4 aliphatic carbocycles. The lowest BCUT2D eigenvalue weighted by molar-refractivity contribution is -0.158. The first kappa shape index (κ1) is 24.8. The Morgan fingerprint density at radius 1 is 1.26 bits per heavy atom. The van der Waals surface area contributed by atoms with Crippen molar-refractivity contribution < 1.29 is 24.2 Å². The summed E-state index contributed by atoms with van der Waals surface area (Å²) in [5.74, 6) is 0.652. The fourth-order valence-electron chi connectivity index (χ4n) is 10.3. The van der Waals surface area contributed by atoms with E-state index in [2.05, 4.69) is 33.4 Å². The number of aldehydes is 1. The molecule has 35 heavy (non-hydrogen) atoms. The molecular weight excluding hydrogens is 440 g/mol. The number of rotatable bonds is 8. The Bertz CT molecular complexity index is 997. The molecule has 4 saturated carbocycles. The van der Waals surface area contributed by atoms with E-state index in [1.165, 1.54) is 19.3 Å². The predicted molar refractivity (Wildman–Crippen MR) is 133 cm³/mol. The number of carbonyl (C=O) groups excluding carboxylic acids is 2. The van der Waals surface area contributed by atoms with Crippen LogP contribution in [0.5, 0.6) is 0 Å². The molecule has 1 spiro atoms. The fourth-order valence-corrected chi connectivity index (χ4v) is 10.3. The second-order valence-electron chi connectivity index (χ2n) is 13.2. The molecule has 0 bridgehead atoms. The molecule has 0 amide bonds. The zero-order valence-corrected chi connectivity index (χ0v) is 21.9. The second-order valence-corrected chi connectivity index (χ2v) is 13.2. The lowest BCUT2D eigenvalue weighted by Gasteiger charge is -2.61. The van der Waals surface area contributed by atoms with Crippen LogP contribution < -0.4 is 0 Å². The molecule has 1 heterocycles. The van der Waals surface area contributed by atoms with Crippen LogP contribution in [0.15, 0.2) is 23.8 Å². The number of carbonyl (C=O) groups is 3. The lowest BCUT2D eigenvalue weighted by Crippen LogP contribution is -2.56. The van der Waals surface area contributed by atoms with Crippen molar-refractivity contribution in [3.05, 3.63) is 23.8 Å². The number of carboxylic acid groups (broad SMARTS) is 1. The number of allylic oxidation sites excluding steroid dienone is 2. The first-order valence-corrected chi connectivity index (χ1v) is 13.7. The molecular formula is C30H42O5. The van der Waals surface area contributed by atoms with Gasteiger partial charge in [0.2, 0.25) is 0 Å². The average Bonchev–Trinajstić information content (AvgIpc) is 3.27. The highest BCUT2D eigenvalue weighted by atomic mass is 16.6. The highest BCUT2D eigenvalue weighted by Gasteiger charge is 2.83. The summed E-state index contributed by atoms with van der Waals surface area (Å²) >= 11 is 0. The highest BCUT2D eigenvalue weighted by Crippen LogP contribution is 2.88. The van der Waals surface area contributed by atoms with E-state index in [1.54, 1.807) is 0 Å². The van der Waals surface area contributed by atoms with Crippen LogP contribution in [0.1, 0.15) is 91.9 Å². The summed E-state index contributed by atoms with van der Waals surface area (Å²) < 4.78 is 5.92. The molecule has 3 unspecified atom stereocenters. The van der Waals surface area contributed by atoms with Gasteiger partial charge in [-0.15, -0.1) is 0 Å². The van der Waals surface area contributed by atoms with Crippen LogP contribution >= 0.6 is 0 Å². The summed E-state index contributed by atoms with van der Waals surface area (Å²) in [6.45, 7) is 13.4. The third-order valence-electron chi connectivity index (χ3n) is 12.2. The number of fused-ring (bicyclic) bond motifs is 4. The SMILES string of the molecule is C=C1C(=O)OC2C[C@@H]3[C@]4(CC[C@]5(C)C(C(C)CC/C=C(\C)C=O)CC[C@@]35C)C[C@]4(CCC(=O)O)[C@H]12. The summed E-state index contributed by atoms with van der Waals surface area (Å²) in [6.07, 6.45) is 12.3. The maximum Gasteiger partial charge on any atom is 0.334 e. The average molecular weight is 483 g/mol. The Hall–Kier alpha value is -1.91. The van der Waals surface area contributed by atoms with Gasteiger partial charge >= 0.3 is 11.9 Å². The van der Waals surface area contributed by atoms with Crippen molar-refractivity contribution in [3.8, 4) is 0 Å². The van der Waals surface area contributed by atoms with Gasteiger partial charge in [0.15, 0.2) is 0 Å². The maximum atomic E-state index is 12.6. The smallest absolute Gasteiger partial charge is 0.334 e. The molecule has 0 aromatic carbocycles. The monoisotopic (exact) mass is 482 g/mol. The lowest BCUT2D eigenvalue weighted by atomic mass is 9.43. The van der Waals surface area contributed by atoms with E-state index in [0.717, 1.165) is 44.0 Å². The molecule has 5 nitrogen and oxygen atoms in total. The Morgan fingerprint density at radius 3 is 2.69 bits per heavy atom. The molecule has 0 aromatic rings. The molecule has 1 aliphatic heterocycles. The van der Waals surface area contributed by atoms with Gasteiger partial charge in [0.05, 0.1) is 0 Å². The van der Waals surface area contributed by atoms with Crippen molar-refractivity contribution in [2.75, 3.05) is 0 Å². The Labute approximate surface area is 209 Å². The summed E-state index contributed by atoms with van der Waals surface area (Å²) in [5, 5.41) is 9.54. The normalized spacial score (nSPS) is 46.7. The van der Waals surface area contributed by atoms with Gasteiger partial charge in [-0.3, -0.25) is 9.59 Å². The third-order valence-corrected chi connectivity index (χ3v) is 12.2. The van der Waals surface area contributed by atoms with Crippen LogP contribution in [0, 0.1) is 45.3 Å². The molecule has 5 rings (SSSR count). The quantitative estimate of drug-likeness (QED) is 0.256. The Kier molecular flexibility index (Phi) is 5.69. The van der Waals surface area contributed by atoms with Crippen LogP contribution in [-0.4, -0.2) is 29.4 Å². The van der Waals surface area contributed by atoms with E-state index in [-0.39, 0.29) is 46.1 Å². The van der Waals surface area contributed by atoms with Crippen LogP contribution in [0.4, 0.5) is 0 Å². The van der Waals surface area contributed by atoms with Crippen LogP contribution in [0.2, 0.25) is 0 Å². The molecule has 1 N–H and O–H groups in total. The Morgan fingerprint density at radius 2 is 2.00 bits per heavy atom. The number of hydrogen-bond donors (Lipinski definition) is 1. The molecule has 0 aromatic heterocycles. The minimum atomic E-state index is -0.753. The zero-order valence-electron chi connectivity index (χ0n) is 21.9. The standard InChI is InChI=1S/C30H42O5/c1-18(16-31)7-6-8-19(2)21-9-11-28(5)23-15-22-25(20(3)26(34)35-22)30(12-10-24(32)33)17-29(23,30)14-13-27(21,28)4/h7,16,19,21-23,25H,3,6,8-15,17H2,1-2,4-5H3,(H,32,33)/b18-7+/t19?,21?,22?,23-,25+,27+,28-,29-,30+/m0/s1. The molecule has 5 heteroatoms. The molecule has 192 valence electrons. The summed E-state index contributed by atoms with van der Waals surface area (Å²) in [5.41, 5.74) is 1.76. The van der Waals surface area contributed by atoms with Gasteiger partial charge in [-0.2, -0.15) is 0 Å². The Balaban J connectivity index is 1.44. The van der Waals surface area contributed by atoms with E-state index in [1.807, 2.05) is 6.92 Å². The van der Waals surface area contributed by atoms with Crippen molar-refractivity contribution >= 4 is 18.2 Å².